The molecule has 2 rings (SSSR count). The summed E-state index contributed by atoms with van der Waals surface area (Å²) in [6.45, 7) is 5.34. The van der Waals surface area contributed by atoms with Gasteiger partial charge in [0.05, 0.1) is 18.4 Å². The molecule has 1 aromatic rings. The third kappa shape index (κ3) is 2.62. The molecule has 6 nitrogen and oxygen atoms in total. The van der Waals surface area contributed by atoms with E-state index in [4.69, 9.17) is 10.5 Å². The fourth-order valence-corrected chi connectivity index (χ4v) is 2.37. The van der Waals surface area contributed by atoms with Gasteiger partial charge in [0.15, 0.2) is 0 Å². The summed E-state index contributed by atoms with van der Waals surface area (Å²) in [4.78, 5) is 14.6. The van der Waals surface area contributed by atoms with Crippen molar-refractivity contribution >= 4 is 17.4 Å². The largest absolute Gasteiger partial charge is 0.373 e. The average molecular weight is 256 g/mol. The number of rotatable bonds is 2. The summed E-state index contributed by atoms with van der Waals surface area (Å²) in [7, 11) is 0. The van der Waals surface area contributed by atoms with Crippen LogP contribution in [-0.2, 0) is 4.74 Å². The first-order valence-electron chi connectivity index (χ1n) is 5.55. The Hall–Kier alpha value is -1.05. The van der Waals surface area contributed by atoms with E-state index in [1.54, 1.807) is 11.8 Å². The highest BCUT2D eigenvalue weighted by Gasteiger charge is 2.28. The lowest BCUT2D eigenvalue weighted by Crippen LogP contribution is -2.51. The number of hydrogen-bond acceptors (Lipinski definition) is 6. The number of amides is 1. The molecule has 1 aromatic heterocycles. The predicted molar refractivity (Wildman–Crippen MR) is 63.9 cm³/mol. The molecule has 2 heterocycles. The molecule has 2 unspecified atom stereocenters. The monoisotopic (exact) mass is 256 g/mol. The maximum absolute atomic E-state index is 12.2. The Morgan fingerprint density at radius 1 is 1.71 bits per heavy atom. The predicted octanol–water partition coefficient (Wildman–Crippen LogP) is 0.0347. The summed E-state index contributed by atoms with van der Waals surface area (Å²) in [5.41, 5.74) is 6.48. The van der Waals surface area contributed by atoms with Crippen LogP contribution in [0.2, 0.25) is 0 Å². The minimum absolute atomic E-state index is 0.0218. The minimum Gasteiger partial charge on any atom is -0.373 e. The van der Waals surface area contributed by atoms with Crippen molar-refractivity contribution in [3.05, 3.63) is 10.6 Å². The molecular weight excluding hydrogens is 240 g/mol. The number of nitrogens with two attached hydrogens (primary N) is 1. The molecule has 0 bridgehead atoms. The Morgan fingerprint density at radius 2 is 2.47 bits per heavy atom. The second kappa shape index (κ2) is 5.07. The number of nitrogens with zero attached hydrogens (tertiary/aromatic N) is 3. The quantitative estimate of drug-likeness (QED) is 0.807. The topological polar surface area (TPSA) is 81.3 Å². The number of hydrogen-bond donors (Lipinski definition) is 1. The molecule has 1 aliphatic heterocycles. The van der Waals surface area contributed by atoms with Crippen LogP contribution in [0.4, 0.5) is 0 Å². The van der Waals surface area contributed by atoms with Crippen LogP contribution in [-0.4, -0.2) is 52.2 Å². The smallest absolute Gasteiger partial charge is 0.267 e. The van der Waals surface area contributed by atoms with Crippen molar-refractivity contribution in [3.8, 4) is 0 Å². The standard InChI is InChI=1S/C10H16N4O2S/c1-6(11)8-5-14(3-4-16-8)10(15)9-7(2)12-13-17-9/h6,8H,3-5,11H2,1-2H3. The van der Waals surface area contributed by atoms with Gasteiger partial charge in [-0.05, 0) is 25.4 Å². The third-order valence-corrected chi connectivity index (χ3v) is 3.63. The van der Waals surface area contributed by atoms with Crippen LogP contribution < -0.4 is 5.73 Å². The fourth-order valence-electron chi connectivity index (χ4n) is 1.75. The highest BCUT2D eigenvalue weighted by Crippen LogP contribution is 2.16. The molecule has 2 atom stereocenters. The summed E-state index contributed by atoms with van der Waals surface area (Å²) in [6, 6.07) is -0.0775. The summed E-state index contributed by atoms with van der Waals surface area (Å²) in [5.74, 6) is -0.0218. The normalized spacial score (nSPS) is 22.5. The number of carbonyl (C=O) groups excluding carboxylic acids is 1. The first-order valence-corrected chi connectivity index (χ1v) is 6.32. The van der Waals surface area contributed by atoms with Crippen LogP contribution in [0.3, 0.4) is 0 Å². The van der Waals surface area contributed by atoms with Crippen LogP contribution in [0, 0.1) is 6.92 Å². The Balaban J connectivity index is 2.07. The van der Waals surface area contributed by atoms with Crippen molar-refractivity contribution in [2.45, 2.75) is 26.0 Å². The van der Waals surface area contributed by atoms with E-state index in [0.29, 0.717) is 30.3 Å². The van der Waals surface area contributed by atoms with E-state index < -0.39 is 0 Å². The van der Waals surface area contributed by atoms with Crippen molar-refractivity contribution in [2.24, 2.45) is 5.73 Å². The lowest BCUT2D eigenvalue weighted by molar-refractivity contribution is -0.0298. The Morgan fingerprint density at radius 3 is 3.06 bits per heavy atom. The van der Waals surface area contributed by atoms with Crippen molar-refractivity contribution in [2.75, 3.05) is 19.7 Å². The number of carbonyl (C=O) groups is 1. The summed E-state index contributed by atoms with van der Waals surface area (Å²) in [6.07, 6.45) is -0.0890. The molecule has 0 aliphatic carbocycles. The van der Waals surface area contributed by atoms with Crippen LogP contribution in [0.5, 0.6) is 0 Å². The van der Waals surface area contributed by atoms with Crippen molar-refractivity contribution in [1.82, 2.24) is 14.5 Å². The van der Waals surface area contributed by atoms with Crippen LogP contribution >= 0.6 is 11.5 Å². The van der Waals surface area contributed by atoms with Crippen molar-refractivity contribution < 1.29 is 9.53 Å². The molecule has 2 N–H and O–H groups in total. The molecule has 1 amide bonds. The zero-order valence-electron chi connectivity index (χ0n) is 9.92. The zero-order chi connectivity index (χ0) is 12.4. The van der Waals surface area contributed by atoms with Gasteiger partial charge in [0.2, 0.25) is 0 Å². The van der Waals surface area contributed by atoms with Gasteiger partial charge in [0, 0.05) is 19.1 Å². The van der Waals surface area contributed by atoms with E-state index in [-0.39, 0.29) is 18.1 Å². The first kappa shape index (κ1) is 12.4. The van der Waals surface area contributed by atoms with E-state index in [0.717, 1.165) is 11.5 Å². The second-order valence-corrected chi connectivity index (χ2v) is 4.96. The highest BCUT2D eigenvalue weighted by atomic mass is 32.1. The van der Waals surface area contributed by atoms with E-state index in [1.165, 1.54) is 0 Å². The minimum atomic E-state index is -0.0890. The van der Waals surface area contributed by atoms with Gasteiger partial charge in [0.25, 0.3) is 5.91 Å². The van der Waals surface area contributed by atoms with Gasteiger partial charge in [-0.3, -0.25) is 4.79 Å². The lowest BCUT2D eigenvalue weighted by atomic mass is 10.1. The first-order chi connectivity index (χ1) is 8.09. The Labute approximate surface area is 104 Å². The summed E-state index contributed by atoms with van der Waals surface area (Å²) in [5, 5.41) is 3.85. The molecule has 1 saturated heterocycles. The number of aromatic nitrogens is 2. The summed E-state index contributed by atoms with van der Waals surface area (Å²) >= 11 is 1.14. The second-order valence-electron chi connectivity index (χ2n) is 4.21. The molecule has 0 spiro atoms. The van der Waals surface area contributed by atoms with E-state index in [2.05, 4.69) is 9.59 Å². The van der Waals surface area contributed by atoms with E-state index in [1.807, 2.05) is 6.92 Å². The van der Waals surface area contributed by atoms with Gasteiger partial charge < -0.3 is 15.4 Å². The summed E-state index contributed by atoms with van der Waals surface area (Å²) < 4.78 is 9.30. The molecule has 7 heteroatoms. The molecular formula is C10H16N4O2S. The molecule has 1 fully saturated rings. The van der Waals surface area contributed by atoms with Crippen molar-refractivity contribution in [1.29, 1.82) is 0 Å². The molecule has 0 aromatic carbocycles. The Bertz CT molecular complexity index is 407. The van der Waals surface area contributed by atoms with Crippen molar-refractivity contribution in [3.63, 3.8) is 0 Å². The molecule has 0 radical (unpaired) electrons. The number of morpholine rings is 1. The van der Waals surface area contributed by atoms with E-state index in [9.17, 15) is 4.79 Å². The molecule has 0 saturated carbocycles. The maximum atomic E-state index is 12.2. The Kier molecular flexibility index (Phi) is 3.70. The highest BCUT2D eigenvalue weighted by molar-refractivity contribution is 7.07. The number of aryl methyl sites for hydroxylation is 1. The molecule has 94 valence electrons. The van der Waals surface area contributed by atoms with Crippen LogP contribution in [0.25, 0.3) is 0 Å². The van der Waals surface area contributed by atoms with Gasteiger partial charge in [-0.15, -0.1) is 5.10 Å². The van der Waals surface area contributed by atoms with Crippen LogP contribution in [0.1, 0.15) is 22.3 Å². The van der Waals surface area contributed by atoms with Gasteiger partial charge in [-0.25, -0.2) is 0 Å². The van der Waals surface area contributed by atoms with Crippen LogP contribution in [0.15, 0.2) is 0 Å². The van der Waals surface area contributed by atoms with Gasteiger partial charge >= 0.3 is 0 Å². The molecule has 17 heavy (non-hydrogen) atoms. The zero-order valence-corrected chi connectivity index (χ0v) is 10.7. The number of ether oxygens (including phenoxy) is 1. The molecule has 1 aliphatic rings. The third-order valence-electron chi connectivity index (χ3n) is 2.81. The van der Waals surface area contributed by atoms with Gasteiger partial charge in [0.1, 0.15) is 4.88 Å². The average Bonchev–Trinajstić information content (AvgIpc) is 2.74. The van der Waals surface area contributed by atoms with Gasteiger partial charge in [-0.2, -0.15) is 0 Å². The fraction of sp³-hybridized carbons (Fsp3) is 0.700. The van der Waals surface area contributed by atoms with E-state index >= 15 is 0 Å². The maximum Gasteiger partial charge on any atom is 0.267 e. The lowest BCUT2D eigenvalue weighted by Gasteiger charge is -2.34. The van der Waals surface area contributed by atoms with Gasteiger partial charge in [-0.1, -0.05) is 4.49 Å². The SMILES string of the molecule is Cc1nnsc1C(=O)N1CCOC(C(C)N)C1.